The number of carbonyl (C=O) groups is 1. The zero-order valence-corrected chi connectivity index (χ0v) is 5.93. The molecule has 1 radical (unpaired) electrons. The highest BCUT2D eigenvalue weighted by Crippen LogP contribution is 2.16. The molecule has 1 aliphatic carbocycles. The Labute approximate surface area is 60.6 Å². The lowest BCUT2D eigenvalue weighted by atomic mass is 10.1. The predicted molar refractivity (Wildman–Crippen MR) is 36.9 cm³/mol. The van der Waals surface area contributed by atoms with Gasteiger partial charge < -0.3 is 0 Å². The average Bonchev–Trinajstić information content (AvgIpc) is 2.12. The lowest BCUT2D eigenvalue weighted by Crippen LogP contribution is -1.96. The van der Waals surface area contributed by atoms with E-state index in [1.807, 2.05) is 0 Å². The van der Waals surface area contributed by atoms with Crippen LogP contribution in [0.15, 0.2) is 11.6 Å². The van der Waals surface area contributed by atoms with Crippen molar-refractivity contribution >= 4 is 5.97 Å². The molecule has 0 aromatic heterocycles. The molecule has 0 aliphatic heterocycles. The normalized spacial score (nSPS) is 19.4. The van der Waals surface area contributed by atoms with Crippen molar-refractivity contribution in [1.29, 1.82) is 0 Å². The Bertz CT molecular complexity index is 159. The molecule has 1 aliphatic rings. The van der Waals surface area contributed by atoms with Gasteiger partial charge in [-0.3, -0.25) is 0 Å². The third-order valence-electron chi connectivity index (χ3n) is 1.80. The van der Waals surface area contributed by atoms with Gasteiger partial charge in [0.2, 0.25) is 0 Å². The number of rotatable bonds is 1. The topological polar surface area (TPSA) is 37.0 Å². The first-order chi connectivity index (χ1) is 4.80. The lowest BCUT2D eigenvalue weighted by molar-refractivity contribution is -0.138. The van der Waals surface area contributed by atoms with Gasteiger partial charge in [0.25, 0.3) is 0 Å². The first-order valence-electron chi connectivity index (χ1n) is 3.71. The van der Waals surface area contributed by atoms with Gasteiger partial charge in [0.15, 0.2) is 0 Å². The molecule has 0 aromatic rings. The lowest BCUT2D eigenvalue weighted by Gasteiger charge is -1.92. The molecule has 0 bridgehead atoms. The molecular weight excluding hydrogens is 128 g/mol. The Morgan fingerprint density at radius 3 is 2.80 bits per heavy atom. The first kappa shape index (κ1) is 7.32. The largest absolute Gasteiger partial charge is 0.382 e. The van der Waals surface area contributed by atoms with E-state index in [1.165, 1.54) is 0 Å². The summed E-state index contributed by atoms with van der Waals surface area (Å²) < 4.78 is 0. The van der Waals surface area contributed by atoms with Crippen LogP contribution < -0.4 is 0 Å². The molecule has 0 saturated heterocycles. The molecule has 55 valence electrons. The molecule has 0 N–H and O–H groups in total. The van der Waals surface area contributed by atoms with Crippen molar-refractivity contribution in [3.63, 3.8) is 0 Å². The maximum absolute atomic E-state index is 10.3. The summed E-state index contributed by atoms with van der Waals surface area (Å²) in [5.41, 5.74) is 0.498. The van der Waals surface area contributed by atoms with Crippen LogP contribution in [0.1, 0.15) is 32.1 Å². The zero-order valence-electron chi connectivity index (χ0n) is 5.93. The van der Waals surface area contributed by atoms with Crippen LogP contribution in [-0.2, 0) is 9.90 Å². The molecule has 0 saturated carbocycles. The van der Waals surface area contributed by atoms with Crippen molar-refractivity contribution in [3.05, 3.63) is 11.6 Å². The van der Waals surface area contributed by atoms with Gasteiger partial charge in [-0.2, -0.15) is 0 Å². The van der Waals surface area contributed by atoms with Gasteiger partial charge in [-0.25, -0.2) is 9.90 Å². The minimum Gasteiger partial charge on any atom is -0.242 e. The van der Waals surface area contributed by atoms with Crippen molar-refractivity contribution in [2.75, 3.05) is 0 Å². The molecule has 0 aromatic carbocycles. The van der Waals surface area contributed by atoms with E-state index in [1.54, 1.807) is 6.08 Å². The van der Waals surface area contributed by atoms with E-state index in [0.29, 0.717) is 12.0 Å². The monoisotopic (exact) mass is 139 g/mol. The third kappa shape index (κ3) is 1.87. The third-order valence-corrected chi connectivity index (χ3v) is 1.80. The minimum atomic E-state index is -0.984. The van der Waals surface area contributed by atoms with E-state index in [0.717, 1.165) is 25.7 Å². The Kier molecular flexibility index (Phi) is 2.49. The van der Waals surface area contributed by atoms with Gasteiger partial charge >= 0.3 is 5.97 Å². The summed E-state index contributed by atoms with van der Waals surface area (Å²) in [6.07, 6.45) is 6.66. The molecule has 2 nitrogen and oxygen atoms in total. The van der Waals surface area contributed by atoms with E-state index in [4.69, 9.17) is 0 Å². The van der Waals surface area contributed by atoms with E-state index >= 15 is 0 Å². The Hall–Kier alpha value is -0.790. The van der Waals surface area contributed by atoms with Crippen molar-refractivity contribution in [1.82, 2.24) is 0 Å². The van der Waals surface area contributed by atoms with Crippen LogP contribution in [-0.4, -0.2) is 5.97 Å². The maximum Gasteiger partial charge on any atom is 0.382 e. The van der Waals surface area contributed by atoms with Crippen LogP contribution in [0.25, 0.3) is 0 Å². The van der Waals surface area contributed by atoms with Crippen molar-refractivity contribution < 1.29 is 9.90 Å². The molecule has 2 heteroatoms. The number of allylic oxidation sites excluding steroid dienone is 1. The Morgan fingerprint density at radius 1 is 1.30 bits per heavy atom. The summed E-state index contributed by atoms with van der Waals surface area (Å²) >= 11 is 0. The smallest absolute Gasteiger partial charge is 0.242 e. The summed E-state index contributed by atoms with van der Waals surface area (Å²) in [7, 11) is 0. The van der Waals surface area contributed by atoms with Crippen LogP contribution in [0.5, 0.6) is 0 Å². The highest BCUT2D eigenvalue weighted by molar-refractivity contribution is 5.86. The van der Waals surface area contributed by atoms with Gasteiger partial charge in [-0.15, -0.1) is 0 Å². The molecule has 0 amide bonds. The van der Waals surface area contributed by atoms with Crippen LogP contribution in [0.3, 0.4) is 0 Å². The predicted octanol–water partition coefficient (Wildman–Crippen LogP) is 1.83. The van der Waals surface area contributed by atoms with Crippen LogP contribution in [0, 0.1) is 0 Å². The first-order valence-corrected chi connectivity index (χ1v) is 3.71. The summed E-state index contributed by atoms with van der Waals surface area (Å²) in [5.74, 6) is -0.984. The average molecular weight is 139 g/mol. The summed E-state index contributed by atoms with van der Waals surface area (Å²) in [4.78, 5) is 10.3. The van der Waals surface area contributed by atoms with Crippen LogP contribution in [0.2, 0.25) is 0 Å². The molecule has 0 fully saturated rings. The van der Waals surface area contributed by atoms with Gasteiger partial charge in [0, 0.05) is 5.57 Å². The second-order valence-electron chi connectivity index (χ2n) is 2.62. The minimum absolute atomic E-state index is 0.498. The molecule has 0 unspecified atom stereocenters. The van der Waals surface area contributed by atoms with Gasteiger partial charge in [-0.05, 0) is 25.7 Å². The standard InChI is InChI=1S/C8H11O2/c9-8(10)7-5-3-1-2-4-6-7/h5H,1-4,6H2. The summed E-state index contributed by atoms with van der Waals surface area (Å²) in [5, 5.41) is 10.3. The fourth-order valence-corrected chi connectivity index (χ4v) is 1.20. The fraction of sp³-hybridized carbons (Fsp3) is 0.625. The van der Waals surface area contributed by atoms with E-state index in [9.17, 15) is 9.90 Å². The molecular formula is C8H11O2. The molecule has 0 spiro atoms. The van der Waals surface area contributed by atoms with Crippen molar-refractivity contribution in [2.24, 2.45) is 0 Å². The highest BCUT2D eigenvalue weighted by Gasteiger charge is 2.10. The van der Waals surface area contributed by atoms with Gasteiger partial charge in [0.1, 0.15) is 0 Å². The van der Waals surface area contributed by atoms with Crippen molar-refractivity contribution in [2.45, 2.75) is 32.1 Å². The maximum atomic E-state index is 10.3. The Morgan fingerprint density at radius 2 is 2.10 bits per heavy atom. The Balaban J connectivity index is 2.54. The van der Waals surface area contributed by atoms with Gasteiger partial charge in [-0.1, -0.05) is 12.5 Å². The molecule has 0 atom stereocenters. The van der Waals surface area contributed by atoms with Gasteiger partial charge in [0.05, 0.1) is 0 Å². The number of hydrogen-bond donors (Lipinski definition) is 0. The quantitative estimate of drug-likeness (QED) is 0.546. The second-order valence-corrected chi connectivity index (χ2v) is 2.62. The van der Waals surface area contributed by atoms with E-state index in [2.05, 4.69) is 0 Å². The SMILES string of the molecule is [O]C(=O)C1=CCCCCC1. The zero-order chi connectivity index (χ0) is 7.40. The highest BCUT2D eigenvalue weighted by atomic mass is 16.4. The summed E-state index contributed by atoms with van der Waals surface area (Å²) in [6.45, 7) is 0. The second kappa shape index (κ2) is 3.40. The molecule has 0 heterocycles. The number of carbonyl (C=O) groups excluding carboxylic acids is 1. The van der Waals surface area contributed by atoms with Crippen LogP contribution >= 0.6 is 0 Å². The van der Waals surface area contributed by atoms with E-state index < -0.39 is 5.97 Å². The fourth-order valence-electron chi connectivity index (χ4n) is 1.20. The van der Waals surface area contributed by atoms with Crippen molar-refractivity contribution in [3.8, 4) is 0 Å². The summed E-state index contributed by atoms with van der Waals surface area (Å²) in [6, 6.07) is 0. The number of hydrogen-bond acceptors (Lipinski definition) is 1. The van der Waals surface area contributed by atoms with E-state index in [-0.39, 0.29) is 0 Å². The van der Waals surface area contributed by atoms with Crippen LogP contribution in [0.4, 0.5) is 0 Å². The molecule has 1 rings (SSSR count). The molecule has 10 heavy (non-hydrogen) atoms.